The Morgan fingerprint density at radius 3 is 2.21 bits per heavy atom. The van der Waals surface area contributed by atoms with Crippen molar-refractivity contribution in [2.45, 2.75) is 20.8 Å². The summed E-state index contributed by atoms with van der Waals surface area (Å²) in [4.78, 5) is 12.1. The van der Waals surface area contributed by atoms with Crippen molar-refractivity contribution in [2.24, 2.45) is 0 Å². The first-order valence-electron chi connectivity index (χ1n) is 4.62. The predicted octanol–water partition coefficient (Wildman–Crippen LogP) is 0.904. The average molecular weight is 197 g/mol. The summed E-state index contributed by atoms with van der Waals surface area (Å²) in [7, 11) is 0. The number of ether oxygens (including phenoxy) is 2. The summed E-state index contributed by atoms with van der Waals surface area (Å²) >= 11 is 0. The molecule has 0 unspecified atom stereocenters. The molecule has 0 radical (unpaired) electrons. The van der Waals surface area contributed by atoms with Crippen LogP contribution in [0, 0.1) is 13.8 Å². The van der Waals surface area contributed by atoms with Crippen LogP contribution < -0.4 is 4.74 Å². The molecule has 78 valence electrons. The molecule has 0 N–H and O–H groups in total. The first kappa shape index (κ1) is 10.8. The van der Waals surface area contributed by atoms with Gasteiger partial charge in [-0.3, -0.25) is 0 Å². The van der Waals surface area contributed by atoms with E-state index in [0.717, 1.165) is 0 Å². The van der Waals surface area contributed by atoms with Gasteiger partial charge in [0.2, 0.25) is 0 Å². The van der Waals surface area contributed by atoms with Gasteiger partial charge in [0, 0.05) is 6.61 Å². The van der Waals surface area contributed by atoms with Gasteiger partial charge in [0.15, 0.2) is 0 Å². The van der Waals surface area contributed by atoms with E-state index in [0.29, 0.717) is 37.5 Å². The van der Waals surface area contributed by atoms with Crippen LogP contribution in [0.2, 0.25) is 0 Å². The quantitative estimate of drug-likeness (QED) is 0.656. The number of aryl methyl sites for hydroxylation is 2. The zero-order chi connectivity index (χ0) is 10.4. The monoisotopic (exact) mass is 197 g/mol. The van der Waals surface area contributed by atoms with Crippen molar-refractivity contribution < 1.29 is 9.47 Å². The summed E-state index contributed by atoms with van der Waals surface area (Å²) < 4.78 is 10.4. The highest BCUT2D eigenvalue weighted by Gasteiger charge is 2.00. The molecule has 0 saturated carbocycles. The van der Waals surface area contributed by atoms with Crippen LogP contribution in [0.1, 0.15) is 18.6 Å². The van der Waals surface area contributed by atoms with Crippen LogP contribution in [0.25, 0.3) is 0 Å². The van der Waals surface area contributed by atoms with Gasteiger partial charge in [-0.25, -0.2) is 4.98 Å². The fourth-order valence-electron chi connectivity index (χ4n) is 0.987. The van der Waals surface area contributed by atoms with Crippen molar-refractivity contribution in [1.82, 2.24) is 15.0 Å². The Hall–Kier alpha value is -1.23. The molecule has 0 amide bonds. The predicted molar refractivity (Wildman–Crippen MR) is 51.3 cm³/mol. The molecule has 0 saturated heterocycles. The number of aromatic nitrogens is 3. The van der Waals surface area contributed by atoms with Crippen LogP contribution in [-0.2, 0) is 4.74 Å². The lowest BCUT2D eigenvalue weighted by molar-refractivity contribution is 0.106. The van der Waals surface area contributed by atoms with Crippen LogP contribution in [-0.4, -0.2) is 34.8 Å². The minimum absolute atomic E-state index is 0.370. The van der Waals surface area contributed by atoms with Gasteiger partial charge in [-0.1, -0.05) is 0 Å². The number of hydrogen-bond acceptors (Lipinski definition) is 5. The van der Waals surface area contributed by atoms with Crippen molar-refractivity contribution in [3.8, 4) is 6.01 Å². The van der Waals surface area contributed by atoms with E-state index in [1.165, 1.54) is 0 Å². The molecule has 0 aliphatic heterocycles. The second-order valence-corrected chi connectivity index (χ2v) is 2.76. The Balaban J connectivity index is 2.42. The number of hydrogen-bond donors (Lipinski definition) is 0. The van der Waals surface area contributed by atoms with Crippen molar-refractivity contribution in [3.63, 3.8) is 0 Å². The van der Waals surface area contributed by atoms with Gasteiger partial charge in [0.05, 0.1) is 6.61 Å². The second kappa shape index (κ2) is 5.49. The molecule has 1 aromatic rings. The Kier molecular flexibility index (Phi) is 4.25. The highest BCUT2D eigenvalue weighted by Crippen LogP contribution is 2.01. The molecule has 0 aliphatic carbocycles. The van der Waals surface area contributed by atoms with Crippen molar-refractivity contribution in [1.29, 1.82) is 0 Å². The Bertz CT molecular complexity index is 271. The fourth-order valence-corrected chi connectivity index (χ4v) is 0.987. The van der Waals surface area contributed by atoms with Crippen LogP contribution in [0.5, 0.6) is 6.01 Å². The molecule has 0 spiro atoms. The number of rotatable bonds is 5. The third-order valence-corrected chi connectivity index (χ3v) is 1.50. The van der Waals surface area contributed by atoms with Crippen LogP contribution in [0.3, 0.4) is 0 Å². The highest BCUT2D eigenvalue weighted by molar-refractivity contribution is 4.98. The molecular weight excluding hydrogens is 182 g/mol. The Morgan fingerprint density at radius 1 is 1.00 bits per heavy atom. The molecule has 1 rings (SSSR count). The minimum Gasteiger partial charge on any atom is -0.461 e. The van der Waals surface area contributed by atoms with E-state index in [-0.39, 0.29) is 0 Å². The van der Waals surface area contributed by atoms with Gasteiger partial charge in [-0.2, -0.15) is 9.97 Å². The lowest BCUT2D eigenvalue weighted by atomic mass is 10.6. The molecule has 0 atom stereocenters. The first-order valence-corrected chi connectivity index (χ1v) is 4.62. The summed E-state index contributed by atoms with van der Waals surface area (Å²) in [5.74, 6) is 1.34. The van der Waals surface area contributed by atoms with E-state index in [4.69, 9.17) is 9.47 Å². The van der Waals surface area contributed by atoms with Gasteiger partial charge >= 0.3 is 6.01 Å². The number of nitrogens with zero attached hydrogens (tertiary/aromatic N) is 3. The molecule has 5 heteroatoms. The van der Waals surface area contributed by atoms with Crippen LogP contribution >= 0.6 is 0 Å². The molecule has 1 aromatic heterocycles. The highest BCUT2D eigenvalue weighted by atomic mass is 16.5. The van der Waals surface area contributed by atoms with Crippen molar-refractivity contribution >= 4 is 0 Å². The van der Waals surface area contributed by atoms with E-state index < -0.39 is 0 Å². The van der Waals surface area contributed by atoms with E-state index in [1.807, 2.05) is 20.8 Å². The maximum absolute atomic E-state index is 5.28. The molecule has 0 aliphatic rings. The maximum atomic E-state index is 5.28. The molecular formula is C9H15N3O2. The van der Waals surface area contributed by atoms with Crippen LogP contribution in [0.4, 0.5) is 0 Å². The van der Waals surface area contributed by atoms with Gasteiger partial charge in [-0.05, 0) is 20.8 Å². The summed E-state index contributed by atoms with van der Waals surface area (Å²) in [5, 5.41) is 0. The second-order valence-electron chi connectivity index (χ2n) is 2.76. The zero-order valence-electron chi connectivity index (χ0n) is 8.78. The summed E-state index contributed by atoms with van der Waals surface area (Å²) in [6.07, 6.45) is 0. The Morgan fingerprint density at radius 2 is 1.64 bits per heavy atom. The SMILES string of the molecule is CCOCCOc1nc(C)nc(C)n1. The van der Waals surface area contributed by atoms with E-state index in [2.05, 4.69) is 15.0 Å². The smallest absolute Gasteiger partial charge is 0.319 e. The van der Waals surface area contributed by atoms with Gasteiger partial charge in [-0.15, -0.1) is 0 Å². The van der Waals surface area contributed by atoms with E-state index in [1.54, 1.807) is 0 Å². The van der Waals surface area contributed by atoms with Gasteiger partial charge in [0.25, 0.3) is 0 Å². The first-order chi connectivity index (χ1) is 6.72. The lowest BCUT2D eigenvalue weighted by Crippen LogP contribution is -2.09. The standard InChI is InChI=1S/C9H15N3O2/c1-4-13-5-6-14-9-11-7(2)10-8(3)12-9/h4-6H2,1-3H3. The van der Waals surface area contributed by atoms with Crippen molar-refractivity contribution in [3.05, 3.63) is 11.6 Å². The van der Waals surface area contributed by atoms with Gasteiger partial charge in [0.1, 0.15) is 18.3 Å². The third kappa shape index (κ3) is 3.66. The fraction of sp³-hybridized carbons (Fsp3) is 0.667. The van der Waals surface area contributed by atoms with Crippen molar-refractivity contribution in [2.75, 3.05) is 19.8 Å². The van der Waals surface area contributed by atoms with E-state index >= 15 is 0 Å². The average Bonchev–Trinajstić information content (AvgIpc) is 2.11. The lowest BCUT2D eigenvalue weighted by Gasteiger charge is -2.04. The topological polar surface area (TPSA) is 57.1 Å². The molecule has 0 fully saturated rings. The minimum atomic E-state index is 0.370. The normalized spacial score (nSPS) is 10.2. The third-order valence-electron chi connectivity index (χ3n) is 1.50. The maximum Gasteiger partial charge on any atom is 0.319 e. The summed E-state index contributed by atoms with van der Waals surface area (Å²) in [5.41, 5.74) is 0. The van der Waals surface area contributed by atoms with Crippen LogP contribution in [0.15, 0.2) is 0 Å². The molecule has 14 heavy (non-hydrogen) atoms. The van der Waals surface area contributed by atoms with E-state index in [9.17, 15) is 0 Å². The molecule has 0 bridgehead atoms. The summed E-state index contributed by atoms with van der Waals surface area (Å²) in [6, 6.07) is 0.370. The zero-order valence-corrected chi connectivity index (χ0v) is 8.78. The molecule has 0 aromatic carbocycles. The Labute approximate surface area is 83.5 Å². The molecule has 5 nitrogen and oxygen atoms in total. The summed E-state index contributed by atoms with van der Waals surface area (Å²) in [6.45, 7) is 7.28. The van der Waals surface area contributed by atoms with Gasteiger partial charge < -0.3 is 9.47 Å². The molecule has 1 heterocycles. The largest absolute Gasteiger partial charge is 0.461 e.